The van der Waals surface area contributed by atoms with Gasteiger partial charge in [-0.3, -0.25) is 0 Å². The summed E-state index contributed by atoms with van der Waals surface area (Å²) in [5.74, 6) is 0.454. The van der Waals surface area contributed by atoms with Crippen molar-refractivity contribution in [3.63, 3.8) is 0 Å². The van der Waals surface area contributed by atoms with Crippen LogP contribution in [0.4, 0.5) is 5.69 Å². The maximum Gasteiger partial charge on any atom is 0.242 e. The highest BCUT2D eigenvalue weighted by Crippen LogP contribution is 2.21. The SMILES string of the molecule is CCC(CCN)CNc1ccccc1S(=O)(=O)NC. The molecule has 0 fully saturated rings. The molecule has 5 nitrogen and oxygen atoms in total. The Morgan fingerprint density at radius 2 is 2.00 bits per heavy atom. The van der Waals surface area contributed by atoms with Crippen molar-refractivity contribution >= 4 is 15.7 Å². The fraction of sp³-hybridized carbons (Fsp3) is 0.538. The Labute approximate surface area is 115 Å². The first kappa shape index (κ1) is 15.9. The first-order valence-corrected chi connectivity index (χ1v) is 8.00. The van der Waals surface area contributed by atoms with Gasteiger partial charge in [0.2, 0.25) is 10.0 Å². The third kappa shape index (κ3) is 4.49. The van der Waals surface area contributed by atoms with Crippen LogP contribution in [-0.2, 0) is 10.0 Å². The molecule has 0 saturated carbocycles. The number of benzene rings is 1. The van der Waals surface area contributed by atoms with Crippen molar-refractivity contribution in [3.8, 4) is 0 Å². The average molecular weight is 285 g/mol. The molecule has 0 heterocycles. The lowest BCUT2D eigenvalue weighted by molar-refractivity contribution is 0.501. The van der Waals surface area contributed by atoms with Crippen LogP contribution in [0.1, 0.15) is 19.8 Å². The van der Waals surface area contributed by atoms with E-state index in [0.717, 1.165) is 19.4 Å². The summed E-state index contributed by atoms with van der Waals surface area (Å²) in [4.78, 5) is 0.278. The molecule has 108 valence electrons. The minimum atomic E-state index is -3.43. The fourth-order valence-electron chi connectivity index (χ4n) is 1.90. The smallest absolute Gasteiger partial charge is 0.242 e. The number of anilines is 1. The van der Waals surface area contributed by atoms with Crippen LogP contribution in [0.3, 0.4) is 0 Å². The number of nitrogens with two attached hydrogens (primary N) is 1. The van der Waals surface area contributed by atoms with Crippen molar-refractivity contribution in [2.24, 2.45) is 11.7 Å². The number of para-hydroxylation sites is 1. The number of nitrogens with one attached hydrogen (secondary N) is 2. The monoisotopic (exact) mass is 285 g/mol. The van der Waals surface area contributed by atoms with Crippen LogP contribution < -0.4 is 15.8 Å². The van der Waals surface area contributed by atoms with E-state index in [1.54, 1.807) is 18.2 Å². The Balaban J connectivity index is 2.84. The average Bonchev–Trinajstić information content (AvgIpc) is 2.43. The Morgan fingerprint density at radius 1 is 1.32 bits per heavy atom. The van der Waals surface area contributed by atoms with Gasteiger partial charge in [-0.25, -0.2) is 13.1 Å². The highest BCUT2D eigenvalue weighted by molar-refractivity contribution is 7.89. The molecule has 0 aromatic heterocycles. The molecule has 0 saturated heterocycles. The van der Waals surface area contributed by atoms with Crippen molar-refractivity contribution in [3.05, 3.63) is 24.3 Å². The lowest BCUT2D eigenvalue weighted by Crippen LogP contribution is -2.22. The maximum atomic E-state index is 11.9. The highest BCUT2D eigenvalue weighted by Gasteiger charge is 2.16. The molecule has 0 bridgehead atoms. The van der Waals surface area contributed by atoms with Gasteiger partial charge in [0.15, 0.2) is 0 Å². The molecule has 0 radical (unpaired) electrons. The van der Waals surface area contributed by atoms with Crippen LogP contribution in [-0.4, -0.2) is 28.6 Å². The summed E-state index contributed by atoms with van der Waals surface area (Å²) in [5, 5.41) is 3.21. The Kier molecular flexibility index (Phi) is 6.27. The predicted octanol–water partition coefficient (Wildman–Crippen LogP) is 1.38. The largest absolute Gasteiger partial charge is 0.384 e. The van der Waals surface area contributed by atoms with E-state index in [1.165, 1.54) is 7.05 Å². The van der Waals surface area contributed by atoms with Crippen LogP contribution in [0.2, 0.25) is 0 Å². The van der Waals surface area contributed by atoms with E-state index >= 15 is 0 Å². The molecule has 1 atom stereocenters. The van der Waals surface area contributed by atoms with Crippen molar-refractivity contribution in [1.82, 2.24) is 4.72 Å². The first-order chi connectivity index (χ1) is 9.05. The van der Waals surface area contributed by atoms with Crippen LogP contribution in [0, 0.1) is 5.92 Å². The molecular weight excluding hydrogens is 262 g/mol. The zero-order valence-electron chi connectivity index (χ0n) is 11.5. The topological polar surface area (TPSA) is 84.2 Å². The molecule has 1 aromatic carbocycles. The van der Waals surface area contributed by atoms with Gasteiger partial charge >= 0.3 is 0 Å². The summed E-state index contributed by atoms with van der Waals surface area (Å²) in [5.41, 5.74) is 6.19. The van der Waals surface area contributed by atoms with Gasteiger partial charge in [-0.2, -0.15) is 0 Å². The van der Waals surface area contributed by atoms with E-state index in [0.29, 0.717) is 18.2 Å². The quantitative estimate of drug-likeness (QED) is 0.674. The third-order valence-electron chi connectivity index (χ3n) is 3.18. The molecular formula is C13H23N3O2S. The van der Waals surface area contributed by atoms with Gasteiger partial charge in [0.25, 0.3) is 0 Å². The van der Waals surface area contributed by atoms with Crippen LogP contribution in [0.25, 0.3) is 0 Å². The lowest BCUT2D eigenvalue weighted by atomic mass is 10.0. The third-order valence-corrected chi connectivity index (χ3v) is 4.65. The summed E-state index contributed by atoms with van der Waals surface area (Å²) >= 11 is 0. The summed E-state index contributed by atoms with van der Waals surface area (Å²) in [6, 6.07) is 6.91. The molecule has 6 heteroatoms. The Morgan fingerprint density at radius 3 is 2.58 bits per heavy atom. The van der Waals surface area contributed by atoms with E-state index in [2.05, 4.69) is 17.0 Å². The lowest BCUT2D eigenvalue weighted by Gasteiger charge is -2.17. The Hall–Kier alpha value is -1.11. The van der Waals surface area contributed by atoms with Gasteiger partial charge in [0, 0.05) is 6.54 Å². The van der Waals surface area contributed by atoms with Crippen molar-refractivity contribution in [2.45, 2.75) is 24.7 Å². The second-order valence-electron chi connectivity index (χ2n) is 4.44. The minimum Gasteiger partial charge on any atom is -0.384 e. The zero-order valence-corrected chi connectivity index (χ0v) is 12.3. The van der Waals surface area contributed by atoms with Crippen LogP contribution in [0.5, 0.6) is 0 Å². The molecule has 0 aliphatic carbocycles. The molecule has 4 N–H and O–H groups in total. The Bertz CT molecular complexity index is 488. The molecule has 19 heavy (non-hydrogen) atoms. The van der Waals surface area contributed by atoms with Gasteiger partial charge in [0.05, 0.1) is 5.69 Å². The summed E-state index contributed by atoms with van der Waals surface area (Å²) in [6.45, 7) is 3.48. The molecule has 0 aliphatic heterocycles. The second-order valence-corrected chi connectivity index (χ2v) is 6.29. The van der Waals surface area contributed by atoms with E-state index in [4.69, 9.17) is 5.73 Å². The predicted molar refractivity (Wildman–Crippen MR) is 78.6 cm³/mol. The number of rotatable bonds is 8. The maximum absolute atomic E-state index is 11.9. The van der Waals surface area contributed by atoms with Gasteiger partial charge in [-0.15, -0.1) is 0 Å². The summed E-state index contributed by atoms with van der Waals surface area (Å²) in [7, 11) is -2.02. The van der Waals surface area contributed by atoms with Crippen molar-refractivity contribution < 1.29 is 8.42 Å². The van der Waals surface area contributed by atoms with Crippen molar-refractivity contribution in [1.29, 1.82) is 0 Å². The van der Waals surface area contributed by atoms with Crippen molar-refractivity contribution in [2.75, 3.05) is 25.5 Å². The van der Waals surface area contributed by atoms with Gasteiger partial charge in [-0.1, -0.05) is 25.5 Å². The number of sulfonamides is 1. The number of hydrogen-bond donors (Lipinski definition) is 3. The van der Waals surface area contributed by atoms with E-state index < -0.39 is 10.0 Å². The molecule has 1 unspecified atom stereocenters. The van der Waals surface area contributed by atoms with Gasteiger partial charge in [0.1, 0.15) is 4.90 Å². The fourth-order valence-corrected chi connectivity index (χ4v) is 2.80. The van der Waals surface area contributed by atoms with E-state index in [9.17, 15) is 8.42 Å². The molecule has 1 aromatic rings. The molecule has 0 aliphatic rings. The summed E-state index contributed by atoms with van der Waals surface area (Å²) < 4.78 is 26.1. The van der Waals surface area contributed by atoms with E-state index in [1.807, 2.05) is 6.07 Å². The first-order valence-electron chi connectivity index (χ1n) is 6.51. The summed E-state index contributed by atoms with van der Waals surface area (Å²) in [6.07, 6.45) is 1.95. The van der Waals surface area contributed by atoms with Gasteiger partial charge in [-0.05, 0) is 38.1 Å². The molecule has 0 spiro atoms. The molecule has 0 amide bonds. The zero-order chi connectivity index (χ0) is 14.3. The minimum absolute atomic E-state index is 0.278. The highest BCUT2D eigenvalue weighted by atomic mass is 32.2. The van der Waals surface area contributed by atoms with Crippen LogP contribution >= 0.6 is 0 Å². The standard InChI is InChI=1S/C13H23N3O2S/c1-3-11(8-9-14)10-16-12-6-4-5-7-13(12)19(17,18)15-2/h4-7,11,15-16H,3,8-10,14H2,1-2H3. The number of hydrogen-bond acceptors (Lipinski definition) is 4. The van der Waals surface area contributed by atoms with Crippen LogP contribution in [0.15, 0.2) is 29.2 Å². The van der Waals surface area contributed by atoms with E-state index in [-0.39, 0.29) is 4.90 Å². The normalized spacial score (nSPS) is 13.2. The van der Waals surface area contributed by atoms with Gasteiger partial charge < -0.3 is 11.1 Å². The second kappa shape index (κ2) is 7.47. The molecule has 1 rings (SSSR count).